The third-order valence-electron chi connectivity index (χ3n) is 5.66. The Bertz CT molecular complexity index is 997. The van der Waals surface area contributed by atoms with Gasteiger partial charge >= 0.3 is 0 Å². The number of furan rings is 1. The van der Waals surface area contributed by atoms with Gasteiger partial charge in [-0.15, -0.1) is 0 Å². The SMILES string of the molecule is C[C@H](NC(=O)CC[C@@]1(Cc2ccco2)CCC(=O)N1)c1cnn(-c2ccccc2)c1. The Balaban J connectivity index is 1.34. The third kappa shape index (κ3) is 4.62. The van der Waals surface area contributed by atoms with E-state index in [1.54, 1.807) is 17.1 Å². The van der Waals surface area contributed by atoms with Crippen LogP contribution in [0.2, 0.25) is 0 Å². The van der Waals surface area contributed by atoms with Crippen molar-refractivity contribution in [1.29, 1.82) is 0 Å². The second-order valence-corrected chi connectivity index (χ2v) is 7.93. The van der Waals surface area contributed by atoms with E-state index in [1.165, 1.54) is 0 Å². The minimum atomic E-state index is -0.423. The van der Waals surface area contributed by atoms with Gasteiger partial charge in [0.25, 0.3) is 0 Å². The maximum Gasteiger partial charge on any atom is 0.220 e. The average Bonchev–Trinajstić information content (AvgIpc) is 3.49. The van der Waals surface area contributed by atoms with E-state index in [4.69, 9.17) is 4.42 Å². The van der Waals surface area contributed by atoms with Crippen molar-refractivity contribution < 1.29 is 14.0 Å². The molecule has 0 spiro atoms. The van der Waals surface area contributed by atoms with Crippen LogP contribution in [0, 0.1) is 0 Å². The molecule has 3 aromatic rings. The van der Waals surface area contributed by atoms with Crippen molar-refractivity contribution in [3.05, 3.63) is 72.4 Å². The lowest BCUT2D eigenvalue weighted by Crippen LogP contribution is -2.44. The Kier molecular flexibility index (Phi) is 5.70. The van der Waals surface area contributed by atoms with Gasteiger partial charge in [0.2, 0.25) is 11.8 Å². The van der Waals surface area contributed by atoms with Crippen molar-refractivity contribution in [2.24, 2.45) is 0 Å². The van der Waals surface area contributed by atoms with Gasteiger partial charge in [-0.2, -0.15) is 5.10 Å². The van der Waals surface area contributed by atoms with Crippen molar-refractivity contribution in [2.75, 3.05) is 0 Å². The first kappa shape index (κ1) is 19.9. The van der Waals surface area contributed by atoms with Gasteiger partial charge in [-0.1, -0.05) is 18.2 Å². The van der Waals surface area contributed by atoms with Gasteiger partial charge in [0, 0.05) is 36.6 Å². The quantitative estimate of drug-likeness (QED) is 0.601. The third-order valence-corrected chi connectivity index (χ3v) is 5.66. The number of hydrogen-bond acceptors (Lipinski definition) is 4. The van der Waals surface area contributed by atoms with Gasteiger partial charge in [-0.25, -0.2) is 4.68 Å². The number of amides is 2. The van der Waals surface area contributed by atoms with Crippen molar-refractivity contribution in [2.45, 2.75) is 50.6 Å². The maximum absolute atomic E-state index is 12.6. The Labute approximate surface area is 175 Å². The van der Waals surface area contributed by atoms with Crippen molar-refractivity contribution in [3.63, 3.8) is 0 Å². The van der Waals surface area contributed by atoms with E-state index in [1.807, 2.05) is 55.6 Å². The topological polar surface area (TPSA) is 89.2 Å². The number of nitrogens with zero attached hydrogens (tertiary/aromatic N) is 2. The highest BCUT2D eigenvalue weighted by Gasteiger charge is 2.38. The van der Waals surface area contributed by atoms with E-state index >= 15 is 0 Å². The molecule has 1 aliphatic rings. The molecule has 7 heteroatoms. The zero-order valence-electron chi connectivity index (χ0n) is 17.0. The highest BCUT2D eigenvalue weighted by atomic mass is 16.3. The smallest absolute Gasteiger partial charge is 0.220 e. The molecule has 2 atom stereocenters. The van der Waals surface area contributed by atoms with E-state index in [-0.39, 0.29) is 17.9 Å². The largest absolute Gasteiger partial charge is 0.469 e. The molecule has 1 aliphatic heterocycles. The van der Waals surface area contributed by atoms with Crippen LogP contribution in [0.4, 0.5) is 0 Å². The summed E-state index contributed by atoms with van der Waals surface area (Å²) in [5.74, 6) is 0.804. The van der Waals surface area contributed by atoms with Gasteiger partial charge in [0.1, 0.15) is 5.76 Å². The first-order valence-corrected chi connectivity index (χ1v) is 10.3. The lowest BCUT2D eigenvalue weighted by atomic mass is 9.87. The van der Waals surface area contributed by atoms with E-state index in [2.05, 4.69) is 15.7 Å². The zero-order valence-corrected chi connectivity index (χ0v) is 17.0. The molecule has 4 rings (SSSR count). The lowest BCUT2D eigenvalue weighted by Gasteiger charge is -2.28. The Hall–Kier alpha value is -3.35. The molecule has 3 heterocycles. The predicted molar refractivity (Wildman–Crippen MR) is 112 cm³/mol. The van der Waals surface area contributed by atoms with Gasteiger partial charge in [-0.3, -0.25) is 9.59 Å². The fourth-order valence-electron chi connectivity index (χ4n) is 3.96. The van der Waals surface area contributed by atoms with Crippen LogP contribution in [-0.2, 0) is 16.0 Å². The lowest BCUT2D eigenvalue weighted by molar-refractivity contribution is -0.123. The highest BCUT2D eigenvalue weighted by Crippen LogP contribution is 2.30. The van der Waals surface area contributed by atoms with Crippen molar-refractivity contribution in [3.8, 4) is 5.69 Å². The van der Waals surface area contributed by atoms with E-state index in [0.29, 0.717) is 32.1 Å². The number of aromatic nitrogens is 2. The molecule has 1 fully saturated rings. The normalized spacial score (nSPS) is 19.4. The summed E-state index contributed by atoms with van der Waals surface area (Å²) in [7, 11) is 0. The zero-order chi connectivity index (χ0) is 21.0. The summed E-state index contributed by atoms with van der Waals surface area (Å²) < 4.78 is 7.26. The maximum atomic E-state index is 12.6. The molecule has 0 radical (unpaired) electrons. The summed E-state index contributed by atoms with van der Waals surface area (Å²) in [5, 5.41) is 10.5. The summed E-state index contributed by atoms with van der Waals surface area (Å²) in [5.41, 5.74) is 1.49. The van der Waals surface area contributed by atoms with Gasteiger partial charge in [0.15, 0.2) is 0 Å². The van der Waals surface area contributed by atoms with Gasteiger partial charge in [0.05, 0.1) is 24.2 Å². The molecule has 2 aromatic heterocycles. The summed E-state index contributed by atoms with van der Waals surface area (Å²) in [4.78, 5) is 24.5. The van der Waals surface area contributed by atoms with E-state index in [0.717, 1.165) is 17.0 Å². The average molecular weight is 406 g/mol. The van der Waals surface area contributed by atoms with Crippen LogP contribution in [0.3, 0.4) is 0 Å². The van der Waals surface area contributed by atoms with Gasteiger partial charge in [-0.05, 0) is 44.0 Å². The number of benzene rings is 1. The molecule has 2 N–H and O–H groups in total. The monoisotopic (exact) mass is 406 g/mol. The second kappa shape index (κ2) is 8.57. The van der Waals surface area contributed by atoms with Gasteiger partial charge < -0.3 is 15.1 Å². The van der Waals surface area contributed by atoms with Crippen LogP contribution in [0.1, 0.15) is 50.0 Å². The summed E-state index contributed by atoms with van der Waals surface area (Å²) in [6, 6.07) is 13.4. The second-order valence-electron chi connectivity index (χ2n) is 7.93. The highest BCUT2D eigenvalue weighted by molar-refractivity contribution is 5.80. The summed E-state index contributed by atoms with van der Waals surface area (Å²) in [6.45, 7) is 1.94. The number of carbonyl (C=O) groups excluding carboxylic acids is 2. The van der Waals surface area contributed by atoms with E-state index < -0.39 is 5.54 Å². The van der Waals surface area contributed by atoms with Crippen molar-refractivity contribution in [1.82, 2.24) is 20.4 Å². The molecule has 1 aromatic carbocycles. The number of carbonyl (C=O) groups is 2. The Morgan fingerprint density at radius 3 is 2.83 bits per heavy atom. The molecule has 0 aliphatic carbocycles. The Morgan fingerprint density at radius 2 is 2.13 bits per heavy atom. The molecule has 1 saturated heterocycles. The Morgan fingerprint density at radius 1 is 1.30 bits per heavy atom. The molecule has 30 heavy (non-hydrogen) atoms. The van der Waals surface area contributed by atoms with Crippen LogP contribution in [-0.4, -0.2) is 27.1 Å². The fraction of sp³-hybridized carbons (Fsp3) is 0.348. The van der Waals surface area contributed by atoms with Crippen LogP contribution >= 0.6 is 0 Å². The fourth-order valence-corrected chi connectivity index (χ4v) is 3.96. The minimum absolute atomic E-state index is 0.0312. The molecule has 7 nitrogen and oxygen atoms in total. The number of para-hydroxylation sites is 1. The molecule has 0 bridgehead atoms. The minimum Gasteiger partial charge on any atom is -0.469 e. The summed E-state index contributed by atoms with van der Waals surface area (Å²) >= 11 is 0. The predicted octanol–water partition coefficient (Wildman–Crippen LogP) is 3.31. The van der Waals surface area contributed by atoms with Crippen LogP contribution in [0.5, 0.6) is 0 Å². The standard InChI is InChI=1S/C23H26N4O3/c1-17(18-15-24-27(16-18)19-6-3-2-4-7-19)25-21(28)9-11-23(12-10-22(29)26-23)14-20-8-5-13-30-20/h2-8,13,15-17H,9-12,14H2,1H3,(H,25,28)(H,26,29)/t17-,23-/m0/s1. The van der Waals surface area contributed by atoms with E-state index in [9.17, 15) is 9.59 Å². The van der Waals surface area contributed by atoms with Crippen LogP contribution in [0.15, 0.2) is 65.5 Å². The van der Waals surface area contributed by atoms with Crippen molar-refractivity contribution >= 4 is 11.8 Å². The molecule has 2 amide bonds. The van der Waals surface area contributed by atoms with Crippen LogP contribution in [0.25, 0.3) is 5.69 Å². The van der Waals surface area contributed by atoms with Crippen LogP contribution < -0.4 is 10.6 Å². The molecule has 0 saturated carbocycles. The first-order valence-electron chi connectivity index (χ1n) is 10.3. The molecular weight excluding hydrogens is 380 g/mol. The number of nitrogens with one attached hydrogen (secondary N) is 2. The molecule has 156 valence electrons. The molecular formula is C23H26N4O3. The first-order chi connectivity index (χ1) is 14.5. The number of rotatable bonds is 8. The summed E-state index contributed by atoms with van der Waals surface area (Å²) in [6.07, 6.45) is 8.02. The molecule has 0 unspecified atom stereocenters. The number of hydrogen-bond donors (Lipinski definition) is 2.